The number of piperidine rings is 1. The largest absolute Gasteiger partial charge is 0.492 e. The predicted octanol–water partition coefficient (Wildman–Crippen LogP) is 3.67. The number of nitrogens with zero attached hydrogens (tertiary/aromatic N) is 2. The molecule has 1 fully saturated rings. The fraction of sp³-hybridized carbons (Fsp3) is 0.353. The molecular weight excluding hydrogens is 284 g/mol. The second-order valence-electron chi connectivity index (χ2n) is 5.88. The summed E-state index contributed by atoms with van der Waals surface area (Å²) in [6.45, 7) is 2.81. The van der Waals surface area contributed by atoms with Gasteiger partial charge in [-0.3, -0.25) is 4.98 Å². The van der Waals surface area contributed by atoms with Crippen LogP contribution < -0.4 is 9.64 Å². The Bertz CT molecular complexity index is 665. The number of hydrogen-bond acceptors (Lipinski definition) is 3. The molecule has 1 aromatic carbocycles. The molecule has 3 heterocycles. The molecule has 108 valence electrons. The zero-order valence-corrected chi connectivity index (χ0v) is 12.5. The second-order valence-corrected chi connectivity index (χ2v) is 6.29. The van der Waals surface area contributed by atoms with Crippen LogP contribution in [0.5, 0.6) is 5.75 Å². The molecule has 0 amide bonds. The lowest BCUT2D eigenvalue weighted by Crippen LogP contribution is -2.43. The van der Waals surface area contributed by atoms with E-state index >= 15 is 0 Å². The minimum absolute atomic E-state index is 0.187. The summed E-state index contributed by atoms with van der Waals surface area (Å²) in [6.07, 6.45) is 5.72. The number of aromatic nitrogens is 1. The maximum Gasteiger partial charge on any atom is 0.123 e. The normalized spacial score (nSPS) is 19.4. The Kier molecular flexibility index (Phi) is 3.03. The monoisotopic (exact) mass is 300 g/mol. The number of benzene rings is 1. The quantitative estimate of drug-likeness (QED) is 0.803. The first kappa shape index (κ1) is 13.0. The van der Waals surface area contributed by atoms with Crippen LogP contribution in [0.3, 0.4) is 0 Å². The van der Waals surface area contributed by atoms with Crippen molar-refractivity contribution in [2.45, 2.75) is 18.3 Å². The lowest BCUT2D eigenvalue weighted by Gasteiger charge is -2.39. The molecule has 1 spiro atoms. The van der Waals surface area contributed by atoms with E-state index in [1.807, 2.05) is 12.1 Å². The number of halogens is 1. The number of pyridine rings is 1. The minimum atomic E-state index is 0.187. The van der Waals surface area contributed by atoms with Crippen LogP contribution in [0.15, 0.2) is 42.7 Å². The first-order valence-corrected chi connectivity index (χ1v) is 7.73. The van der Waals surface area contributed by atoms with Gasteiger partial charge in [0, 0.05) is 36.5 Å². The van der Waals surface area contributed by atoms with Gasteiger partial charge in [0.1, 0.15) is 5.75 Å². The van der Waals surface area contributed by atoms with Gasteiger partial charge in [0.2, 0.25) is 0 Å². The van der Waals surface area contributed by atoms with E-state index in [9.17, 15) is 0 Å². The van der Waals surface area contributed by atoms with Crippen molar-refractivity contribution in [2.24, 2.45) is 0 Å². The summed E-state index contributed by atoms with van der Waals surface area (Å²) in [4.78, 5) is 6.42. The average molecular weight is 301 g/mol. The number of hydrogen-bond donors (Lipinski definition) is 0. The fourth-order valence-electron chi connectivity index (χ4n) is 3.54. The summed E-state index contributed by atoms with van der Waals surface area (Å²) in [7, 11) is 0. The van der Waals surface area contributed by atoms with Gasteiger partial charge in [-0.1, -0.05) is 29.8 Å². The van der Waals surface area contributed by atoms with Gasteiger partial charge in [-0.05, 0) is 25.0 Å². The molecule has 1 aromatic heterocycles. The van der Waals surface area contributed by atoms with E-state index in [1.165, 1.54) is 5.56 Å². The third kappa shape index (κ3) is 2.07. The van der Waals surface area contributed by atoms with Gasteiger partial charge in [-0.15, -0.1) is 0 Å². The molecule has 2 aliphatic rings. The summed E-state index contributed by atoms with van der Waals surface area (Å²) in [5.74, 6) is 1.06. The molecule has 1 saturated heterocycles. The van der Waals surface area contributed by atoms with Gasteiger partial charge in [-0.25, -0.2) is 0 Å². The third-order valence-electron chi connectivity index (χ3n) is 4.77. The lowest BCUT2D eigenvalue weighted by atomic mass is 9.74. The zero-order valence-electron chi connectivity index (χ0n) is 11.8. The standard InChI is InChI=1S/C17H17ClN2O/c18-14-11-19-8-5-15(14)20-9-6-17(7-10-20)12-21-16-4-2-1-3-13(16)17/h1-5,8,11H,6-7,9-10,12H2. The number of rotatable bonds is 1. The number of anilines is 1. The molecule has 21 heavy (non-hydrogen) atoms. The Labute approximate surface area is 129 Å². The van der Waals surface area contributed by atoms with Crippen LogP contribution >= 0.6 is 11.6 Å². The highest BCUT2D eigenvalue weighted by atomic mass is 35.5. The fourth-order valence-corrected chi connectivity index (χ4v) is 3.78. The highest BCUT2D eigenvalue weighted by Crippen LogP contribution is 2.46. The molecule has 0 saturated carbocycles. The van der Waals surface area contributed by atoms with Crippen LogP contribution in [-0.4, -0.2) is 24.7 Å². The molecule has 4 heteroatoms. The van der Waals surface area contributed by atoms with Crippen LogP contribution in [0.2, 0.25) is 5.02 Å². The molecule has 0 bridgehead atoms. The lowest BCUT2D eigenvalue weighted by molar-refractivity contribution is 0.230. The topological polar surface area (TPSA) is 25.4 Å². The van der Waals surface area contributed by atoms with Crippen molar-refractivity contribution >= 4 is 17.3 Å². The second kappa shape index (κ2) is 4.92. The summed E-state index contributed by atoms with van der Waals surface area (Å²) < 4.78 is 5.90. The Morgan fingerprint density at radius 3 is 2.76 bits per heavy atom. The number of ether oxygens (including phenoxy) is 1. The summed E-state index contributed by atoms with van der Waals surface area (Å²) in [5.41, 5.74) is 2.66. The predicted molar refractivity (Wildman–Crippen MR) is 84.3 cm³/mol. The van der Waals surface area contributed by atoms with E-state index in [2.05, 4.69) is 28.1 Å². The molecule has 2 aromatic rings. The first-order chi connectivity index (χ1) is 10.3. The smallest absolute Gasteiger partial charge is 0.123 e. The van der Waals surface area contributed by atoms with E-state index in [0.717, 1.165) is 49.0 Å². The molecule has 0 unspecified atom stereocenters. The Morgan fingerprint density at radius 1 is 1.14 bits per heavy atom. The minimum Gasteiger partial charge on any atom is -0.492 e. The van der Waals surface area contributed by atoms with E-state index in [1.54, 1.807) is 12.4 Å². The van der Waals surface area contributed by atoms with Crippen molar-refractivity contribution in [1.29, 1.82) is 0 Å². The molecule has 0 N–H and O–H groups in total. The molecular formula is C17H17ClN2O. The van der Waals surface area contributed by atoms with Crippen LogP contribution in [0, 0.1) is 0 Å². The highest BCUT2D eigenvalue weighted by Gasteiger charge is 2.42. The molecule has 0 aliphatic carbocycles. The van der Waals surface area contributed by atoms with Crippen LogP contribution in [0.25, 0.3) is 0 Å². The van der Waals surface area contributed by atoms with E-state index in [-0.39, 0.29) is 5.41 Å². The van der Waals surface area contributed by atoms with Gasteiger partial charge in [0.05, 0.1) is 17.3 Å². The van der Waals surface area contributed by atoms with E-state index in [4.69, 9.17) is 16.3 Å². The van der Waals surface area contributed by atoms with Crippen molar-refractivity contribution in [1.82, 2.24) is 4.98 Å². The molecule has 3 nitrogen and oxygen atoms in total. The van der Waals surface area contributed by atoms with Gasteiger partial charge in [0.15, 0.2) is 0 Å². The van der Waals surface area contributed by atoms with Gasteiger partial charge >= 0.3 is 0 Å². The first-order valence-electron chi connectivity index (χ1n) is 7.35. The highest BCUT2D eigenvalue weighted by molar-refractivity contribution is 6.33. The molecule has 4 rings (SSSR count). The summed E-state index contributed by atoms with van der Waals surface area (Å²) >= 11 is 6.26. The van der Waals surface area contributed by atoms with Crippen molar-refractivity contribution in [3.8, 4) is 5.75 Å². The summed E-state index contributed by atoms with van der Waals surface area (Å²) in [5, 5.41) is 0.733. The van der Waals surface area contributed by atoms with Crippen molar-refractivity contribution in [3.63, 3.8) is 0 Å². The van der Waals surface area contributed by atoms with E-state index < -0.39 is 0 Å². The Morgan fingerprint density at radius 2 is 1.95 bits per heavy atom. The average Bonchev–Trinajstić information content (AvgIpc) is 2.88. The maximum absolute atomic E-state index is 6.26. The third-order valence-corrected chi connectivity index (χ3v) is 5.07. The van der Waals surface area contributed by atoms with Crippen LogP contribution in [-0.2, 0) is 5.41 Å². The van der Waals surface area contributed by atoms with Crippen molar-refractivity contribution in [3.05, 3.63) is 53.3 Å². The molecule has 2 aliphatic heterocycles. The van der Waals surface area contributed by atoms with Crippen LogP contribution in [0.4, 0.5) is 5.69 Å². The zero-order chi connectivity index (χ0) is 14.3. The maximum atomic E-state index is 6.26. The van der Waals surface area contributed by atoms with Crippen molar-refractivity contribution in [2.75, 3.05) is 24.6 Å². The Balaban J connectivity index is 1.57. The van der Waals surface area contributed by atoms with Gasteiger partial charge in [-0.2, -0.15) is 0 Å². The Hall–Kier alpha value is -1.74. The number of para-hydroxylation sites is 1. The van der Waals surface area contributed by atoms with E-state index in [0.29, 0.717) is 0 Å². The SMILES string of the molecule is Clc1cnccc1N1CCC2(CC1)COc1ccccc12. The van der Waals surface area contributed by atoms with Gasteiger partial charge in [0.25, 0.3) is 0 Å². The van der Waals surface area contributed by atoms with Gasteiger partial charge < -0.3 is 9.64 Å². The molecule has 0 radical (unpaired) electrons. The van der Waals surface area contributed by atoms with Crippen LogP contribution in [0.1, 0.15) is 18.4 Å². The number of fused-ring (bicyclic) bond motifs is 2. The molecule has 0 atom stereocenters. The summed E-state index contributed by atoms with van der Waals surface area (Å²) in [6, 6.07) is 10.5. The van der Waals surface area contributed by atoms with Crippen molar-refractivity contribution < 1.29 is 4.74 Å².